The van der Waals surface area contributed by atoms with Gasteiger partial charge >= 0.3 is 0 Å². The van der Waals surface area contributed by atoms with E-state index in [1.807, 2.05) is 0 Å². The Bertz CT molecular complexity index is 342. The lowest BCUT2D eigenvalue weighted by atomic mass is 10.1. The van der Waals surface area contributed by atoms with Crippen molar-refractivity contribution in [2.75, 3.05) is 45.9 Å². The second-order valence-corrected chi connectivity index (χ2v) is 7.07. The molecule has 0 aromatic carbocycles. The molecule has 1 aliphatic heterocycles. The summed E-state index contributed by atoms with van der Waals surface area (Å²) in [5.41, 5.74) is 0. The number of aliphatic hydroxyl groups is 1. The molecule has 0 aliphatic carbocycles. The SMILES string of the molecule is CCCN1CCC(NC(=NCC(O)COCC(C)C)NCC)CC1. The molecule has 142 valence electrons. The number of aliphatic imine (C=N–C) groups is 1. The van der Waals surface area contributed by atoms with Crippen LogP contribution in [0.3, 0.4) is 0 Å². The topological polar surface area (TPSA) is 69.1 Å². The third-order valence-corrected chi connectivity index (χ3v) is 4.03. The number of rotatable bonds is 10. The smallest absolute Gasteiger partial charge is 0.191 e. The summed E-state index contributed by atoms with van der Waals surface area (Å²) in [6, 6.07) is 0.463. The van der Waals surface area contributed by atoms with Gasteiger partial charge in [-0.1, -0.05) is 20.8 Å². The molecule has 6 nitrogen and oxygen atoms in total. The Morgan fingerprint density at radius 1 is 1.25 bits per heavy atom. The van der Waals surface area contributed by atoms with Gasteiger partial charge < -0.3 is 25.4 Å². The van der Waals surface area contributed by atoms with Gasteiger partial charge in [-0.25, -0.2) is 0 Å². The molecule has 0 aromatic rings. The maximum Gasteiger partial charge on any atom is 0.191 e. The summed E-state index contributed by atoms with van der Waals surface area (Å²) < 4.78 is 5.47. The minimum Gasteiger partial charge on any atom is -0.389 e. The van der Waals surface area contributed by atoms with E-state index < -0.39 is 6.10 Å². The van der Waals surface area contributed by atoms with E-state index in [2.05, 4.69) is 48.2 Å². The van der Waals surface area contributed by atoms with Gasteiger partial charge in [0.15, 0.2) is 5.96 Å². The fraction of sp³-hybridized carbons (Fsp3) is 0.944. The molecule has 0 radical (unpaired) electrons. The molecule has 24 heavy (non-hydrogen) atoms. The Labute approximate surface area is 148 Å². The van der Waals surface area contributed by atoms with E-state index in [0.717, 1.165) is 38.4 Å². The van der Waals surface area contributed by atoms with Gasteiger partial charge in [0.2, 0.25) is 0 Å². The number of nitrogens with zero attached hydrogens (tertiary/aromatic N) is 2. The first kappa shape index (κ1) is 21.2. The molecular weight excluding hydrogens is 304 g/mol. The molecule has 1 rings (SSSR count). The first-order valence-electron chi connectivity index (χ1n) is 9.58. The van der Waals surface area contributed by atoms with Crippen molar-refractivity contribution in [3.8, 4) is 0 Å². The quantitative estimate of drug-likeness (QED) is 0.414. The summed E-state index contributed by atoms with van der Waals surface area (Å²) >= 11 is 0. The number of guanidine groups is 1. The number of likely N-dealkylation sites (tertiary alicyclic amines) is 1. The number of hydrogen-bond acceptors (Lipinski definition) is 4. The van der Waals surface area contributed by atoms with Crippen LogP contribution in [0.5, 0.6) is 0 Å². The summed E-state index contributed by atoms with van der Waals surface area (Å²) in [5.74, 6) is 1.28. The molecular formula is C18H38N4O2. The first-order chi connectivity index (χ1) is 11.5. The first-order valence-corrected chi connectivity index (χ1v) is 9.58. The number of aliphatic hydroxyl groups excluding tert-OH is 1. The zero-order valence-electron chi connectivity index (χ0n) is 16.1. The summed E-state index contributed by atoms with van der Waals surface area (Å²) in [4.78, 5) is 7.04. The number of piperidine rings is 1. The maximum absolute atomic E-state index is 9.98. The summed E-state index contributed by atoms with van der Waals surface area (Å²) in [5, 5.41) is 16.8. The van der Waals surface area contributed by atoms with Crippen molar-refractivity contribution in [1.82, 2.24) is 15.5 Å². The van der Waals surface area contributed by atoms with Crippen LogP contribution in [-0.4, -0.2) is 74.0 Å². The van der Waals surface area contributed by atoms with Gasteiger partial charge in [-0.15, -0.1) is 0 Å². The van der Waals surface area contributed by atoms with E-state index in [4.69, 9.17) is 4.74 Å². The van der Waals surface area contributed by atoms with Gasteiger partial charge in [-0.3, -0.25) is 4.99 Å². The van der Waals surface area contributed by atoms with Crippen molar-refractivity contribution in [1.29, 1.82) is 0 Å². The number of nitrogens with one attached hydrogen (secondary N) is 2. The van der Waals surface area contributed by atoms with E-state index in [1.54, 1.807) is 0 Å². The van der Waals surface area contributed by atoms with Gasteiger partial charge in [0.05, 0.1) is 19.3 Å². The minimum atomic E-state index is -0.550. The Hall–Kier alpha value is -0.850. The van der Waals surface area contributed by atoms with Crippen LogP contribution >= 0.6 is 0 Å². The zero-order chi connectivity index (χ0) is 17.8. The van der Waals surface area contributed by atoms with Gasteiger partial charge in [-0.2, -0.15) is 0 Å². The third kappa shape index (κ3) is 9.45. The Kier molecular flexibility index (Phi) is 11.0. The van der Waals surface area contributed by atoms with Crippen LogP contribution in [0.25, 0.3) is 0 Å². The van der Waals surface area contributed by atoms with Crippen LogP contribution in [0, 0.1) is 5.92 Å². The lowest BCUT2D eigenvalue weighted by Gasteiger charge is -2.32. The van der Waals surface area contributed by atoms with Crippen molar-refractivity contribution in [3.05, 3.63) is 0 Å². The Morgan fingerprint density at radius 3 is 2.54 bits per heavy atom. The van der Waals surface area contributed by atoms with Crippen LogP contribution in [0.15, 0.2) is 4.99 Å². The standard InChI is InChI=1S/C18H38N4O2/c1-5-9-22-10-7-16(8-11-22)21-18(19-6-2)20-12-17(23)14-24-13-15(3)4/h15-17,23H,5-14H2,1-4H3,(H2,19,20,21). The van der Waals surface area contributed by atoms with E-state index in [1.165, 1.54) is 13.0 Å². The maximum atomic E-state index is 9.98. The van der Waals surface area contributed by atoms with Crippen LogP contribution < -0.4 is 10.6 Å². The fourth-order valence-corrected chi connectivity index (χ4v) is 2.82. The predicted molar refractivity (Wildman–Crippen MR) is 101 cm³/mol. The normalized spacial score (nSPS) is 18.8. The highest BCUT2D eigenvalue weighted by Gasteiger charge is 2.19. The summed E-state index contributed by atoms with van der Waals surface area (Å²) in [7, 11) is 0. The second kappa shape index (κ2) is 12.5. The Balaban J connectivity index is 2.34. The highest BCUT2D eigenvalue weighted by atomic mass is 16.5. The predicted octanol–water partition coefficient (Wildman–Crippen LogP) is 1.45. The lowest BCUT2D eigenvalue weighted by molar-refractivity contribution is 0.0301. The molecule has 1 fully saturated rings. The number of ether oxygens (including phenoxy) is 1. The van der Waals surface area contributed by atoms with Crippen LogP contribution in [-0.2, 0) is 4.74 Å². The molecule has 1 aliphatic rings. The average Bonchev–Trinajstić information content (AvgIpc) is 2.54. The zero-order valence-corrected chi connectivity index (χ0v) is 16.1. The molecule has 1 unspecified atom stereocenters. The van der Waals surface area contributed by atoms with Gasteiger partial charge in [0, 0.05) is 32.3 Å². The van der Waals surface area contributed by atoms with Gasteiger partial charge in [-0.05, 0) is 38.6 Å². The highest BCUT2D eigenvalue weighted by molar-refractivity contribution is 5.80. The van der Waals surface area contributed by atoms with Gasteiger partial charge in [0.1, 0.15) is 0 Å². The third-order valence-electron chi connectivity index (χ3n) is 4.03. The molecule has 0 spiro atoms. The molecule has 0 bridgehead atoms. The molecule has 0 saturated carbocycles. The van der Waals surface area contributed by atoms with Crippen molar-refractivity contribution in [3.63, 3.8) is 0 Å². The number of hydrogen-bond donors (Lipinski definition) is 3. The average molecular weight is 343 g/mol. The van der Waals surface area contributed by atoms with Crippen LogP contribution in [0.2, 0.25) is 0 Å². The minimum absolute atomic E-state index is 0.344. The van der Waals surface area contributed by atoms with E-state index in [9.17, 15) is 5.11 Å². The van der Waals surface area contributed by atoms with Gasteiger partial charge in [0.25, 0.3) is 0 Å². The molecule has 1 atom stereocenters. The Morgan fingerprint density at radius 2 is 1.96 bits per heavy atom. The molecule has 1 heterocycles. The van der Waals surface area contributed by atoms with Crippen molar-refractivity contribution in [2.24, 2.45) is 10.9 Å². The summed E-state index contributed by atoms with van der Waals surface area (Å²) in [6.07, 6.45) is 2.96. The molecule has 0 aromatic heterocycles. The van der Waals surface area contributed by atoms with E-state index in [-0.39, 0.29) is 0 Å². The van der Waals surface area contributed by atoms with E-state index >= 15 is 0 Å². The molecule has 3 N–H and O–H groups in total. The summed E-state index contributed by atoms with van der Waals surface area (Å²) in [6.45, 7) is 14.2. The van der Waals surface area contributed by atoms with Crippen molar-refractivity contribution < 1.29 is 9.84 Å². The van der Waals surface area contributed by atoms with Crippen molar-refractivity contribution >= 4 is 5.96 Å². The highest BCUT2D eigenvalue weighted by Crippen LogP contribution is 2.10. The van der Waals surface area contributed by atoms with Crippen LogP contribution in [0.1, 0.15) is 47.0 Å². The fourth-order valence-electron chi connectivity index (χ4n) is 2.82. The molecule has 0 amide bonds. The second-order valence-electron chi connectivity index (χ2n) is 7.07. The van der Waals surface area contributed by atoms with E-state index in [0.29, 0.717) is 31.7 Å². The monoisotopic (exact) mass is 342 g/mol. The largest absolute Gasteiger partial charge is 0.389 e. The molecule has 1 saturated heterocycles. The molecule has 6 heteroatoms. The lowest BCUT2D eigenvalue weighted by Crippen LogP contribution is -2.49. The van der Waals surface area contributed by atoms with Crippen molar-refractivity contribution in [2.45, 2.75) is 59.1 Å². The van der Waals surface area contributed by atoms with Crippen LogP contribution in [0.4, 0.5) is 0 Å².